The van der Waals surface area contributed by atoms with Crippen LogP contribution in [-0.4, -0.2) is 27.2 Å². The number of Topliss-reactive ketones (excluding diaryl/α,β-unsaturated/α-hetero) is 1. The number of allylic oxidation sites excluding steroid dienone is 2. The number of hydrogen-bond acceptors (Lipinski definition) is 5. The Bertz CT molecular complexity index is 1230. The van der Waals surface area contributed by atoms with Crippen molar-refractivity contribution in [1.82, 2.24) is 0 Å². The highest BCUT2D eigenvalue weighted by molar-refractivity contribution is 7.89. The molecule has 32 heavy (non-hydrogen) atoms. The number of carbonyl (C=O) groups is 2. The van der Waals surface area contributed by atoms with Crippen LogP contribution < -0.4 is 14.8 Å². The normalized spacial score (nSPS) is 20.9. The van der Waals surface area contributed by atoms with E-state index in [9.17, 15) is 18.0 Å². The van der Waals surface area contributed by atoms with E-state index in [-0.39, 0.29) is 34.3 Å². The van der Waals surface area contributed by atoms with Gasteiger partial charge in [0.25, 0.3) is 0 Å². The lowest BCUT2D eigenvalue weighted by molar-refractivity contribution is -0.121. The molecule has 8 heteroatoms. The maximum absolute atomic E-state index is 13.4. The molecule has 1 aliphatic heterocycles. The molecule has 2 N–H and O–H groups in total. The number of amides is 1. The van der Waals surface area contributed by atoms with Crippen LogP contribution in [0, 0.1) is 5.41 Å². The molecular weight excluding hydrogens is 428 g/mol. The van der Waals surface area contributed by atoms with Crippen LogP contribution in [-0.2, 0) is 19.6 Å². The van der Waals surface area contributed by atoms with E-state index in [2.05, 4.69) is 0 Å². The van der Waals surface area contributed by atoms with Gasteiger partial charge in [-0.3, -0.25) is 14.5 Å². The largest absolute Gasteiger partial charge is 0.497 e. The van der Waals surface area contributed by atoms with Crippen LogP contribution in [0.3, 0.4) is 0 Å². The summed E-state index contributed by atoms with van der Waals surface area (Å²) in [5.41, 5.74) is 2.41. The number of primary sulfonamides is 1. The lowest BCUT2D eigenvalue weighted by Gasteiger charge is -2.43. The van der Waals surface area contributed by atoms with Crippen LogP contribution in [0.1, 0.15) is 44.6 Å². The predicted molar refractivity (Wildman–Crippen MR) is 121 cm³/mol. The average Bonchev–Trinajstić information content (AvgIpc) is 2.71. The van der Waals surface area contributed by atoms with Gasteiger partial charge in [-0.25, -0.2) is 13.6 Å². The molecule has 1 aliphatic carbocycles. The fraction of sp³-hybridized carbons (Fsp3) is 0.333. The highest BCUT2D eigenvalue weighted by Crippen LogP contribution is 2.48. The zero-order valence-corrected chi connectivity index (χ0v) is 19.1. The van der Waals surface area contributed by atoms with Gasteiger partial charge in [0.2, 0.25) is 15.9 Å². The zero-order chi connectivity index (χ0) is 23.3. The summed E-state index contributed by atoms with van der Waals surface area (Å²) >= 11 is 0. The van der Waals surface area contributed by atoms with Crippen molar-refractivity contribution in [1.29, 1.82) is 0 Å². The van der Waals surface area contributed by atoms with E-state index in [0.717, 1.165) is 5.56 Å². The van der Waals surface area contributed by atoms with E-state index in [1.807, 2.05) is 38.1 Å². The van der Waals surface area contributed by atoms with Gasteiger partial charge in [-0.05, 0) is 53.8 Å². The van der Waals surface area contributed by atoms with E-state index < -0.39 is 10.0 Å². The molecule has 2 aromatic rings. The number of anilines is 1. The van der Waals surface area contributed by atoms with Crippen LogP contribution in [0.25, 0.3) is 0 Å². The lowest BCUT2D eigenvalue weighted by Crippen LogP contribution is -2.43. The van der Waals surface area contributed by atoms with Crippen molar-refractivity contribution >= 4 is 27.4 Å². The van der Waals surface area contributed by atoms with Crippen LogP contribution in [0.4, 0.5) is 5.69 Å². The molecule has 0 bridgehead atoms. The number of ketones is 1. The number of sulfonamides is 1. The fourth-order valence-electron chi connectivity index (χ4n) is 4.64. The van der Waals surface area contributed by atoms with E-state index in [1.54, 1.807) is 24.1 Å². The van der Waals surface area contributed by atoms with Gasteiger partial charge in [-0.1, -0.05) is 26.0 Å². The molecule has 0 fully saturated rings. The molecule has 0 aromatic heterocycles. The maximum atomic E-state index is 13.4. The van der Waals surface area contributed by atoms with Gasteiger partial charge in [0.15, 0.2) is 5.78 Å². The highest BCUT2D eigenvalue weighted by Gasteiger charge is 2.44. The van der Waals surface area contributed by atoms with Gasteiger partial charge < -0.3 is 4.74 Å². The second-order valence-corrected chi connectivity index (χ2v) is 10.7. The fourth-order valence-corrected chi connectivity index (χ4v) is 5.16. The maximum Gasteiger partial charge on any atom is 0.238 e. The summed E-state index contributed by atoms with van der Waals surface area (Å²) in [6.45, 7) is 4.02. The van der Waals surface area contributed by atoms with Crippen molar-refractivity contribution in [2.45, 2.75) is 43.9 Å². The summed E-state index contributed by atoms with van der Waals surface area (Å²) in [5, 5.41) is 5.21. The van der Waals surface area contributed by atoms with Gasteiger partial charge in [0.1, 0.15) is 5.75 Å². The molecule has 0 saturated heterocycles. The molecule has 7 nitrogen and oxygen atoms in total. The van der Waals surface area contributed by atoms with E-state index >= 15 is 0 Å². The van der Waals surface area contributed by atoms with E-state index in [4.69, 9.17) is 9.88 Å². The number of carbonyl (C=O) groups excluding carboxylic acids is 2. The Morgan fingerprint density at radius 3 is 2.38 bits per heavy atom. The SMILES string of the molecule is COc1cccc(C2CC(=O)N(c3ccc(S(N)(=O)=O)cc3)C3=C2C(=O)CC(C)(C)C3)c1. The van der Waals surface area contributed by atoms with Gasteiger partial charge >= 0.3 is 0 Å². The molecular formula is C24H26N2O5S. The molecule has 0 radical (unpaired) electrons. The first-order valence-corrected chi connectivity index (χ1v) is 11.9. The molecule has 1 heterocycles. The zero-order valence-electron chi connectivity index (χ0n) is 18.3. The van der Waals surface area contributed by atoms with Crippen molar-refractivity contribution in [3.8, 4) is 5.75 Å². The lowest BCUT2D eigenvalue weighted by atomic mass is 9.69. The second-order valence-electron chi connectivity index (χ2n) is 9.10. The number of ether oxygens (including phenoxy) is 1. The summed E-state index contributed by atoms with van der Waals surface area (Å²) < 4.78 is 28.6. The second kappa shape index (κ2) is 7.86. The third kappa shape index (κ3) is 4.08. The number of rotatable bonds is 4. The minimum absolute atomic E-state index is 0.0303. The Kier molecular flexibility index (Phi) is 5.46. The molecule has 0 spiro atoms. The Morgan fingerprint density at radius 2 is 1.75 bits per heavy atom. The van der Waals surface area contributed by atoms with Crippen LogP contribution in [0.5, 0.6) is 5.75 Å². The summed E-state index contributed by atoms with van der Waals surface area (Å²) in [6.07, 6.45) is 1.09. The number of hydrogen-bond donors (Lipinski definition) is 1. The number of benzene rings is 2. The molecule has 1 unspecified atom stereocenters. The summed E-state index contributed by atoms with van der Waals surface area (Å²) in [7, 11) is -2.27. The Hall–Kier alpha value is -2.97. The van der Waals surface area contributed by atoms with Gasteiger partial charge in [0, 0.05) is 35.7 Å². The molecule has 2 aliphatic rings. The van der Waals surface area contributed by atoms with Gasteiger partial charge in [0.05, 0.1) is 12.0 Å². The number of nitrogens with two attached hydrogens (primary N) is 1. The molecule has 1 atom stereocenters. The summed E-state index contributed by atoms with van der Waals surface area (Å²) in [5.74, 6) is 0.200. The van der Waals surface area contributed by atoms with Crippen molar-refractivity contribution < 1.29 is 22.7 Å². The molecule has 0 saturated carbocycles. The van der Waals surface area contributed by atoms with E-state index in [1.165, 1.54) is 12.1 Å². The van der Waals surface area contributed by atoms with E-state index in [0.29, 0.717) is 35.5 Å². The molecule has 2 aromatic carbocycles. The molecule has 4 rings (SSSR count). The van der Waals surface area contributed by atoms with Crippen molar-refractivity contribution in [3.05, 3.63) is 65.4 Å². The Labute approximate surface area is 187 Å². The smallest absolute Gasteiger partial charge is 0.238 e. The number of methoxy groups -OCH3 is 1. The first kappa shape index (κ1) is 22.2. The highest BCUT2D eigenvalue weighted by atomic mass is 32.2. The van der Waals surface area contributed by atoms with Gasteiger partial charge in [-0.15, -0.1) is 0 Å². The van der Waals surface area contributed by atoms with Crippen LogP contribution in [0.15, 0.2) is 64.7 Å². The molecule has 1 amide bonds. The summed E-state index contributed by atoms with van der Waals surface area (Å²) in [4.78, 5) is 28.3. The monoisotopic (exact) mass is 454 g/mol. The molecule has 168 valence electrons. The topological polar surface area (TPSA) is 107 Å². The standard InChI is InChI=1S/C24H26N2O5S/c1-24(2)13-20-23(21(27)14-24)19(15-5-4-6-17(11-15)31-3)12-22(28)26(20)16-7-9-18(10-8-16)32(25,29)30/h4-11,19H,12-14H2,1-3H3,(H2,25,29,30). The first-order valence-electron chi connectivity index (χ1n) is 10.4. The predicted octanol–water partition coefficient (Wildman–Crippen LogP) is 3.51. The third-order valence-electron chi connectivity index (χ3n) is 6.06. The quantitative estimate of drug-likeness (QED) is 0.761. The minimum atomic E-state index is -3.85. The van der Waals surface area contributed by atoms with Crippen molar-refractivity contribution in [2.24, 2.45) is 10.6 Å². The Morgan fingerprint density at radius 1 is 1.06 bits per heavy atom. The summed E-state index contributed by atoms with van der Waals surface area (Å²) in [6, 6.07) is 13.3. The van der Waals surface area contributed by atoms with Crippen LogP contribution in [0.2, 0.25) is 0 Å². The average molecular weight is 455 g/mol. The number of nitrogens with zero attached hydrogens (tertiary/aromatic N) is 1. The third-order valence-corrected chi connectivity index (χ3v) is 6.99. The Balaban J connectivity index is 1.86. The van der Waals surface area contributed by atoms with Crippen molar-refractivity contribution in [2.75, 3.05) is 12.0 Å². The van der Waals surface area contributed by atoms with Crippen molar-refractivity contribution in [3.63, 3.8) is 0 Å². The van der Waals surface area contributed by atoms with Gasteiger partial charge in [-0.2, -0.15) is 0 Å². The minimum Gasteiger partial charge on any atom is -0.497 e. The van der Waals surface area contributed by atoms with Crippen LogP contribution >= 0.6 is 0 Å². The first-order chi connectivity index (χ1) is 15.0.